The Morgan fingerprint density at radius 1 is 1.57 bits per heavy atom. The van der Waals surface area contributed by atoms with Gasteiger partial charge < -0.3 is 5.32 Å². The van der Waals surface area contributed by atoms with E-state index < -0.39 is 0 Å². The van der Waals surface area contributed by atoms with Crippen LogP contribution in [0.1, 0.15) is 19.4 Å². The maximum atomic E-state index is 11.4. The largest absolute Gasteiger partial charge is 0.324 e. The second-order valence-corrected chi connectivity index (χ2v) is 4.25. The lowest BCUT2D eigenvalue weighted by atomic mass is 10.2. The number of amides is 1. The van der Waals surface area contributed by atoms with Gasteiger partial charge in [0.2, 0.25) is 5.91 Å². The molecule has 0 aliphatic heterocycles. The van der Waals surface area contributed by atoms with Crippen molar-refractivity contribution in [1.29, 1.82) is 0 Å². The van der Waals surface area contributed by atoms with Gasteiger partial charge >= 0.3 is 0 Å². The highest BCUT2D eigenvalue weighted by atomic mass is 79.9. The van der Waals surface area contributed by atoms with Crippen LogP contribution in [0.4, 0.5) is 5.69 Å². The molecule has 0 fully saturated rings. The monoisotopic (exact) mass is 256 g/mol. The Morgan fingerprint density at radius 2 is 2.21 bits per heavy atom. The van der Waals surface area contributed by atoms with Crippen LogP contribution in [-0.4, -0.2) is 10.9 Å². The number of carbonyl (C=O) groups excluding carboxylic acids is 1. The third kappa shape index (κ3) is 2.80. The van der Waals surface area contributed by atoms with E-state index in [-0.39, 0.29) is 11.8 Å². The number of nitrogens with one attached hydrogen (secondary N) is 1. The van der Waals surface area contributed by atoms with Crippen molar-refractivity contribution in [2.75, 3.05) is 5.32 Å². The predicted octanol–water partition coefficient (Wildman–Crippen LogP) is 2.75. The van der Waals surface area contributed by atoms with E-state index >= 15 is 0 Å². The molecule has 1 heterocycles. The number of aryl methyl sites for hydroxylation is 1. The third-order valence-electron chi connectivity index (χ3n) is 1.76. The van der Waals surface area contributed by atoms with Crippen LogP contribution in [-0.2, 0) is 4.79 Å². The lowest BCUT2D eigenvalue weighted by molar-refractivity contribution is -0.118. The van der Waals surface area contributed by atoms with Crippen LogP contribution in [0, 0.1) is 12.8 Å². The van der Waals surface area contributed by atoms with Gasteiger partial charge in [-0.15, -0.1) is 0 Å². The van der Waals surface area contributed by atoms with Gasteiger partial charge in [-0.2, -0.15) is 0 Å². The first-order chi connectivity index (χ1) is 6.50. The Morgan fingerprint density at radius 3 is 2.79 bits per heavy atom. The zero-order valence-electron chi connectivity index (χ0n) is 8.47. The van der Waals surface area contributed by atoms with Crippen molar-refractivity contribution in [3.8, 4) is 0 Å². The fraction of sp³-hybridized carbons (Fsp3) is 0.400. The number of hydrogen-bond donors (Lipinski definition) is 1. The van der Waals surface area contributed by atoms with E-state index in [1.54, 1.807) is 6.20 Å². The van der Waals surface area contributed by atoms with E-state index in [2.05, 4.69) is 26.2 Å². The Hall–Kier alpha value is -0.900. The van der Waals surface area contributed by atoms with Gasteiger partial charge in [0.1, 0.15) is 4.60 Å². The van der Waals surface area contributed by atoms with Crippen molar-refractivity contribution in [2.45, 2.75) is 20.8 Å². The minimum absolute atomic E-state index is 0.00176. The quantitative estimate of drug-likeness (QED) is 0.827. The Bertz CT molecular complexity index is 350. The zero-order valence-corrected chi connectivity index (χ0v) is 10.1. The number of rotatable bonds is 2. The highest BCUT2D eigenvalue weighted by Crippen LogP contribution is 2.20. The van der Waals surface area contributed by atoms with Crippen LogP contribution in [0.2, 0.25) is 0 Å². The summed E-state index contributed by atoms with van der Waals surface area (Å²) >= 11 is 3.28. The van der Waals surface area contributed by atoms with E-state index in [9.17, 15) is 4.79 Å². The van der Waals surface area contributed by atoms with Gasteiger partial charge in [-0.05, 0) is 34.5 Å². The fourth-order valence-corrected chi connectivity index (χ4v) is 1.23. The number of aromatic nitrogens is 1. The van der Waals surface area contributed by atoms with Crippen molar-refractivity contribution in [2.24, 2.45) is 5.92 Å². The average molecular weight is 257 g/mol. The number of nitrogens with zero attached hydrogens (tertiary/aromatic N) is 1. The molecule has 0 atom stereocenters. The van der Waals surface area contributed by atoms with Crippen molar-refractivity contribution in [3.05, 3.63) is 22.4 Å². The molecule has 1 aromatic heterocycles. The van der Waals surface area contributed by atoms with E-state index in [0.717, 1.165) is 11.3 Å². The highest BCUT2D eigenvalue weighted by molar-refractivity contribution is 9.10. The summed E-state index contributed by atoms with van der Waals surface area (Å²) in [6.45, 7) is 5.64. The maximum Gasteiger partial charge on any atom is 0.226 e. The molecule has 76 valence electrons. The smallest absolute Gasteiger partial charge is 0.226 e. The Labute approximate surface area is 92.1 Å². The number of hydrogen-bond acceptors (Lipinski definition) is 2. The summed E-state index contributed by atoms with van der Waals surface area (Å²) in [5.41, 5.74) is 1.75. The van der Waals surface area contributed by atoms with Gasteiger partial charge in [-0.1, -0.05) is 13.8 Å². The first-order valence-corrected chi connectivity index (χ1v) is 5.23. The second kappa shape index (κ2) is 4.55. The summed E-state index contributed by atoms with van der Waals surface area (Å²) in [5, 5.41) is 2.80. The van der Waals surface area contributed by atoms with Crippen molar-refractivity contribution < 1.29 is 4.79 Å². The highest BCUT2D eigenvalue weighted by Gasteiger charge is 2.09. The summed E-state index contributed by atoms with van der Waals surface area (Å²) in [4.78, 5) is 15.5. The lowest BCUT2D eigenvalue weighted by Crippen LogP contribution is -2.18. The van der Waals surface area contributed by atoms with Gasteiger partial charge in [0, 0.05) is 12.1 Å². The van der Waals surface area contributed by atoms with Crippen LogP contribution in [0.3, 0.4) is 0 Å². The Balaban J connectivity index is 2.86. The standard InChI is InChI=1S/C10H13BrN2O/c1-6(2)10(14)13-8-4-7(3)5-12-9(8)11/h4-6H,1-3H3,(H,13,14). The third-order valence-corrected chi connectivity index (χ3v) is 2.39. The summed E-state index contributed by atoms with van der Waals surface area (Å²) in [6, 6.07) is 1.89. The number of anilines is 1. The first-order valence-electron chi connectivity index (χ1n) is 4.43. The van der Waals surface area contributed by atoms with Gasteiger partial charge in [0.15, 0.2) is 0 Å². The van der Waals surface area contributed by atoms with Crippen LogP contribution in [0.25, 0.3) is 0 Å². The minimum atomic E-state index is -0.0255. The molecule has 0 radical (unpaired) electrons. The molecule has 1 aromatic rings. The van der Waals surface area contributed by atoms with Crippen LogP contribution >= 0.6 is 15.9 Å². The predicted molar refractivity (Wildman–Crippen MR) is 60.1 cm³/mol. The SMILES string of the molecule is Cc1cnc(Br)c(NC(=O)C(C)C)c1. The lowest BCUT2D eigenvalue weighted by Gasteiger charge is -2.09. The summed E-state index contributed by atoms with van der Waals surface area (Å²) in [7, 11) is 0. The molecule has 14 heavy (non-hydrogen) atoms. The normalized spacial score (nSPS) is 10.4. The molecule has 0 aliphatic carbocycles. The molecule has 0 aromatic carbocycles. The van der Waals surface area contributed by atoms with Crippen LogP contribution in [0.15, 0.2) is 16.9 Å². The molecular weight excluding hydrogens is 244 g/mol. The molecule has 1 N–H and O–H groups in total. The number of pyridine rings is 1. The molecule has 3 nitrogen and oxygen atoms in total. The topological polar surface area (TPSA) is 42.0 Å². The van der Waals surface area contributed by atoms with Crippen molar-refractivity contribution in [3.63, 3.8) is 0 Å². The minimum Gasteiger partial charge on any atom is -0.324 e. The second-order valence-electron chi connectivity index (χ2n) is 3.49. The van der Waals surface area contributed by atoms with Gasteiger partial charge in [0.25, 0.3) is 0 Å². The molecule has 0 bridgehead atoms. The van der Waals surface area contributed by atoms with Gasteiger partial charge in [-0.3, -0.25) is 4.79 Å². The molecule has 0 saturated carbocycles. The average Bonchev–Trinajstić information content (AvgIpc) is 2.11. The molecule has 1 rings (SSSR count). The van der Waals surface area contributed by atoms with E-state index in [0.29, 0.717) is 4.60 Å². The van der Waals surface area contributed by atoms with Crippen molar-refractivity contribution >= 4 is 27.5 Å². The molecule has 0 saturated heterocycles. The summed E-state index contributed by atoms with van der Waals surface area (Å²) < 4.78 is 0.664. The zero-order chi connectivity index (χ0) is 10.7. The molecule has 0 unspecified atom stereocenters. The van der Waals surface area contributed by atoms with Gasteiger partial charge in [-0.25, -0.2) is 4.98 Å². The molecule has 1 amide bonds. The summed E-state index contributed by atoms with van der Waals surface area (Å²) in [5.74, 6) is -0.0273. The maximum absolute atomic E-state index is 11.4. The van der Waals surface area contributed by atoms with Crippen LogP contribution < -0.4 is 5.32 Å². The molecular formula is C10H13BrN2O. The molecule has 0 spiro atoms. The number of halogens is 1. The van der Waals surface area contributed by atoms with Crippen LogP contribution in [0.5, 0.6) is 0 Å². The first kappa shape index (κ1) is 11.2. The van der Waals surface area contributed by atoms with Gasteiger partial charge in [0.05, 0.1) is 5.69 Å². The van der Waals surface area contributed by atoms with E-state index in [1.807, 2.05) is 26.8 Å². The molecule has 4 heteroatoms. The van der Waals surface area contributed by atoms with E-state index in [1.165, 1.54) is 0 Å². The summed E-state index contributed by atoms with van der Waals surface area (Å²) in [6.07, 6.45) is 1.75. The molecule has 0 aliphatic rings. The fourth-order valence-electron chi connectivity index (χ4n) is 0.917. The van der Waals surface area contributed by atoms with Crippen molar-refractivity contribution in [1.82, 2.24) is 4.98 Å². The van der Waals surface area contributed by atoms with E-state index in [4.69, 9.17) is 0 Å². The number of carbonyl (C=O) groups is 1. The Kier molecular flexibility index (Phi) is 3.63.